The van der Waals surface area contributed by atoms with Gasteiger partial charge in [0.05, 0.1) is 12.2 Å². The Bertz CT molecular complexity index is 465. The van der Waals surface area contributed by atoms with Crippen molar-refractivity contribution in [3.8, 4) is 0 Å². The predicted molar refractivity (Wildman–Crippen MR) is 67.3 cm³/mol. The summed E-state index contributed by atoms with van der Waals surface area (Å²) in [7, 11) is 0. The maximum absolute atomic E-state index is 12.0. The summed E-state index contributed by atoms with van der Waals surface area (Å²) in [4.78, 5) is 29.0. The highest BCUT2D eigenvalue weighted by atomic mass is 16.2. The van der Waals surface area contributed by atoms with E-state index in [9.17, 15) is 9.59 Å². The van der Waals surface area contributed by atoms with E-state index < -0.39 is 0 Å². The molecule has 0 bridgehead atoms. The van der Waals surface area contributed by atoms with Crippen LogP contribution in [0.2, 0.25) is 0 Å². The minimum atomic E-state index is 0.179. The van der Waals surface area contributed by atoms with Crippen LogP contribution in [-0.4, -0.2) is 33.2 Å². The van der Waals surface area contributed by atoms with Gasteiger partial charge in [0.15, 0.2) is 6.29 Å². The molecule has 0 N–H and O–H groups in total. The molecular formula is C13H19N3O2. The van der Waals surface area contributed by atoms with Gasteiger partial charge in [0.2, 0.25) is 5.91 Å². The molecule has 18 heavy (non-hydrogen) atoms. The Hall–Kier alpha value is -1.65. The Morgan fingerprint density at radius 1 is 1.44 bits per heavy atom. The van der Waals surface area contributed by atoms with Gasteiger partial charge in [0.25, 0.3) is 0 Å². The topological polar surface area (TPSA) is 55.2 Å². The molecule has 0 unspecified atom stereocenters. The number of carbonyl (C=O) groups excluding carboxylic acids is 2. The third-order valence-corrected chi connectivity index (χ3v) is 3.44. The molecule has 1 aromatic rings. The molecule has 2 rings (SSSR count). The number of amides is 1. The van der Waals surface area contributed by atoms with Crippen LogP contribution in [0, 0.1) is 6.92 Å². The molecule has 0 spiro atoms. The van der Waals surface area contributed by atoms with Crippen molar-refractivity contribution < 1.29 is 9.59 Å². The number of nitrogens with zero attached hydrogens (tertiary/aromatic N) is 3. The van der Waals surface area contributed by atoms with E-state index in [1.165, 1.54) is 0 Å². The van der Waals surface area contributed by atoms with Crippen LogP contribution in [0.4, 0.5) is 0 Å². The third-order valence-electron chi connectivity index (χ3n) is 3.44. The van der Waals surface area contributed by atoms with Gasteiger partial charge in [0, 0.05) is 19.5 Å². The van der Waals surface area contributed by atoms with Crippen LogP contribution in [0.3, 0.4) is 0 Å². The van der Waals surface area contributed by atoms with Gasteiger partial charge >= 0.3 is 0 Å². The monoisotopic (exact) mass is 249 g/mol. The summed E-state index contributed by atoms with van der Waals surface area (Å²) in [6, 6.07) is 0. The second-order valence-corrected chi connectivity index (χ2v) is 4.68. The molecule has 1 aliphatic rings. The van der Waals surface area contributed by atoms with E-state index in [4.69, 9.17) is 0 Å². The Kier molecular flexibility index (Phi) is 3.79. The smallest absolute Gasteiger partial charge is 0.222 e. The van der Waals surface area contributed by atoms with E-state index >= 15 is 0 Å². The number of unbranched alkanes of at least 4 members (excludes halogenated alkanes) is 1. The summed E-state index contributed by atoms with van der Waals surface area (Å²) < 4.78 is 2.04. The first-order valence-corrected chi connectivity index (χ1v) is 6.46. The molecule has 2 heterocycles. The minimum Gasteiger partial charge on any atom is -0.335 e. The molecule has 0 saturated heterocycles. The number of fused-ring (bicyclic) bond motifs is 1. The van der Waals surface area contributed by atoms with Crippen molar-refractivity contribution in [2.24, 2.45) is 0 Å². The molecule has 0 radical (unpaired) electrons. The normalized spacial score (nSPS) is 14.4. The highest BCUT2D eigenvalue weighted by Gasteiger charge is 2.24. The van der Waals surface area contributed by atoms with Crippen LogP contribution in [0.25, 0.3) is 0 Å². The summed E-state index contributed by atoms with van der Waals surface area (Å²) >= 11 is 0. The Morgan fingerprint density at radius 2 is 2.22 bits per heavy atom. The molecule has 0 fully saturated rings. The van der Waals surface area contributed by atoms with E-state index in [-0.39, 0.29) is 5.91 Å². The second-order valence-electron chi connectivity index (χ2n) is 4.68. The fraction of sp³-hybridized carbons (Fsp3) is 0.615. The number of aldehydes is 1. The molecule has 5 heteroatoms. The van der Waals surface area contributed by atoms with Gasteiger partial charge in [-0.3, -0.25) is 9.59 Å². The van der Waals surface area contributed by atoms with Crippen LogP contribution in [-0.2, 0) is 17.9 Å². The first-order valence-electron chi connectivity index (χ1n) is 6.46. The zero-order valence-electron chi connectivity index (χ0n) is 11.0. The van der Waals surface area contributed by atoms with Crippen molar-refractivity contribution >= 4 is 12.2 Å². The van der Waals surface area contributed by atoms with Gasteiger partial charge in [-0.2, -0.15) is 0 Å². The van der Waals surface area contributed by atoms with E-state index in [2.05, 4.69) is 11.9 Å². The molecule has 0 aromatic carbocycles. The van der Waals surface area contributed by atoms with Crippen molar-refractivity contribution in [2.45, 2.75) is 46.2 Å². The molecule has 98 valence electrons. The SMILES string of the molecule is CCCCC(=O)N1CCn2c(C)nc(C=O)c2C1. The average Bonchev–Trinajstić information content (AvgIpc) is 2.72. The first kappa shape index (κ1) is 12.8. The van der Waals surface area contributed by atoms with Gasteiger partial charge in [-0.1, -0.05) is 13.3 Å². The molecule has 1 aliphatic heterocycles. The molecule has 0 saturated carbocycles. The van der Waals surface area contributed by atoms with E-state index in [1.54, 1.807) is 0 Å². The Balaban J connectivity index is 2.14. The summed E-state index contributed by atoms with van der Waals surface area (Å²) in [6.45, 7) is 5.93. The zero-order valence-corrected chi connectivity index (χ0v) is 11.0. The summed E-state index contributed by atoms with van der Waals surface area (Å²) in [5, 5.41) is 0. The lowest BCUT2D eigenvalue weighted by atomic mass is 10.2. The van der Waals surface area contributed by atoms with Crippen molar-refractivity contribution in [1.29, 1.82) is 0 Å². The van der Waals surface area contributed by atoms with Gasteiger partial charge < -0.3 is 9.47 Å². The Morgan fingerprint density at radius 3 is 2.89 bits per heavy atom. The number of hydrogen-bond acceptors (Lipinski definition) is 3. The molecule has 1 aromatic heterocycles. The fourth-order valence-corrected chi connectivity index (χ4v) is 2.37. The van der Waals surface area contributed by atoms with Crippen molar-refractivity contribution in [3.63, 3.8) is 0 Å². The largest absolute Gasteiger partial charge is 0.335 e. The van der Waals surface area contributed by atoms with Crippen LogP contribution in [0.1, 0.15) is 48.2 Å². The van der Waals surface area contributed by atoms with Crippen LogP contribution in [0.15, 0.2) is 0 Å². The minimum absolute atomic E-state index is 0.179. The number of aryl methyl sites for hydroxylation is 1. The van der Waals surface area contributed by atoms with Crippen molar-refractivity contribution in [2.75, 3.05) is 6.54 Å². The predicted octanol–water partition coefficient (Wildman–Crippen LogP) is 1.54. The highest BCUT2D eigenvalue weighted by molar-refractivity contribution is 5.77. The summed E-state index contributed by atoms with van der Waals surface area (Å²) in [5.41, 5.74) is 1.35. The van der Waals surface area contributed by atoms with Crippen LogP contribution >= 0.6 is 0 Å². The average molecular weight is 249 g/mol. The number of hydrogen-bond donors (Lipinski definition) is 0. The zero-order chi connectivity index (χ0) is 13.1. The van der Waals surface area contributed by atoms with E-state index in [1.807, 2.05) is 16.4 Å². The number of aromatic nitrogens is 2. The number of carbonyl (C=O) groups is 2. The lowest BCUT2D eigenvalue weighted by Crippen LogP contribution is -2.38. The standard InChI is InChI=1S/C13H19N3O2/c1-3-4-5-13(18)15-6-7-16-10(2)14-11(9-17)12(16)8-15/h9H,3-8H2,1-2H3. The molecule has 5 nitrogen and oxygen atoms in total. The lowest BCUT2D eigenvalue weighted by Gasteiger charge is -2.29. The van der Waals surface area contributed by atoms with Gasteiger partial charge in [0.1, 0.15) is 11.5 Å². The molecule has 0 atom stereocenters. The highest BCUT2D eigenvalue weighted by Crippen LogP contribution is 2.18. The number of imidazole rings is 1. The molecule has 0 aliphatic carbocycles. The van der Waals surface area contributed by atoms with Crippen molar-refractivity contribution in [3.05, 3.63) is 17.2 Å². The second kappa shape index (κ2) is 5.33. The van der Waals surface area contributed by atoms with Crippen LogP contribution in [0.5, 0.6) is 0 Å². The maximum atomic E-state index is 12.0. The van der Waals surface area contributed by atoms with Crippen molar-refractivity contribution in [1.82, 2.24) is 14.5 Å². The maximum Gasteiger partial charge on any atom is 0.222 e. The first-order chi connectivity index (χ1) is 8.67. The Labute approximate surface area is 107 Å². The summed E-state index contributed by atoms with van der Waals surface area (Å²) in [5.74, 6) is 1.03. The van der Waals surface area contributed by atoms with Crippen LogP contribution < -0.4 is 0 Å². The summed E-state index contributed by atoms with van der Waals surface area (Å²) in [6.07, 6.45) is 3.32. The van der Waals surface area contributed by atoms with E-state index in [0.717, 1.165) is 37.2 Å². The van der Waals surface area contributed by atoms with Gasteiger partial charge in [-0.05, 0) is 13.3 Å². The lowest BCUT2D eigenvalue weighted by molar-refractivity contribution is -0.132. The van der Waals surface area contributed by atoms with Gasteiger partial charge in [-0.25, -0.2) is 4.98 Å². The third kappa shape index (κ3) is 2.30. The van der Waals surface area contributed by atoms with Gasteiger partial charge in [-0.15, -0.1) is 0 Å². The quantitative estimate of drug-likeness (QED) is 0.760. The molecular weight excluding hydrogens is 230 g/mol. The fourth-order valence-electron chi connectivity index (χ4n) is 2.37. The molecule has 1 amide bonds. The van der Waals surface area contributed by atoms with E-state index in [0.29, 0.717) is 25.2 Å². The number of rotatable bonds is 4.